The smallest absolute Gasteiger partial charge is 0.138 e. The normalized spacial score (nSPS) is 16.4. The molecular formula is C10H8FIN2. The Morgan fingerprint density at radius 1 is 1.43 bits per heavy atom. The number of aromatic nitrogens is 2. The van der Waals surface area contributed by atoms with Crippen molar-refractivity contribution in [3.8, 4) is 0 Å². The molecule has 72 valence electrons. The van der Waals surface area contributed by atoms with E-state index in [-0.39, 0.29) is 5.82 Å². The summed E-state index contributed by atoms with van der Waals surface area (Å²) in [5, 5.41) is 0. The number of fused-ring (bicyclic) bond motifs is 1. The predicted octanol–water partition coefficient (Wildman–Crippen LogP) is 3.11. The SMILES string of the molecule is Fc1cc2c(cc1I)ncn2C1CC1. The molecule has 1 aliphatic rings. The molecule has 0 saturated heterocycles. The van der Waals surface area contributed by atoms with Gasteiger partial charge in [0, 0.05) is 12.1 Å². The number of benzene rings is 1. The second kappa shape index (κ2) is 2.92. The summed E-state index contributed by atoms with van der Waals surface area (Å²) in [4.78, 5) is 4.27. The molecule has 3 rings (SSSR count). The molecule has 0 bridgehead atoms. The van der Waals surface area contributed by atoms with Gasteiger partial charge in [0.2, 0.25) is 0 Å². The second-order valence-corrected chi connectivity index (χ2v) is 4.80. The molecule has 0 amide bonds. The van der Waals surface area contributed by atoms with Gasteiger partial charge in [-0.05, 0) is 41.5 Å². The van der Waals surface area contributed by atoms with Crippen LogP contribution in [0.1, 0.15) is 18.9 Å². The standard InChI is InChI=1S/C10H8FIN2/c11-7-3-10-9(4-8(7)12)13-5-14(10)6-1-2-6/h3-6H,1-2H2. The van der Waals surface area contributed by atoms with Gasteiger partial charge in [-0.1, -0.05) is 0 Å². The number of halogens is 2. The molecule has 2 aromatic rings. The van der Waals surface area contributed by atoms with Crippen LogP contribution in [0.3, 0.4) is 0 Å². The lowest BCUT2D eigenvalue weighted by atomic mass is 10.3. The highest BCUT2D eigenvalue weighted by Crippen LogP contribution is 2.37. The molecule has 0 aliphatic heterocycles. The topological polar surface area (TPSA) is 17.8 Å². The third-order valence-electron chi connectivity index (χ3n) is 2.56. The lowest BCUT2D eigenvalue weighted by molar-refractivity contribution is 0.620. The third kappa shape index (κ3) is 1.24. The van der Waals surface area contributed by atoms with Crippen LogP contribution in [0.5, 0.6) is 0 Å². The lowest BCUT2D eigenvalue weighted by Gasteiger charge is -2.01. The molecule has 1 aromatic carbocycles. The first kappa shape index (κ1) is 8.64. The monoisotopic (exact) mass is 302 g/mol. The van der Waals surface area contributed by atoms with Gasteiger partial charge in [-0.3, -0.25) is 0 Å². The van der Waals surface area contributed by atoms with Crippen molar-refractivity contribution < 1.29 is 4.39 Å². The number of nitrogens with zero attached hydrogens (tertiary/aromatic N) is 2. The van der Waals surface area contributed by atoms with Crippen LogP contribution in [-0.2, 0) is 0 Å². The Hall–Kier alpha value is -0.650. The molecule has 1 aliphatic carbocycles. The molecule has 0 atom stereocenters. The summed E-state index contributed by atoms with van der Waals surface area (Å²) in [6, 6.07) is 3.94. The molecule has 0 radical (unpaired) electrons. The summed E-state index contributed by atoms with van der Waals surface area (Å²) >= 11 is 1.99. The van der Waals surface area contributed by atoms with E-state index in [0.29, 0.717) is 9.61 Å². The van der Waals surface area contributed by atoms with Crippen LogP contribution in [-0.4, -0.2) is 9.55 Å². The summed E-state index contributed by atoms with van der Waals surface area (Å²) in [6.45, 7) is 0. The highest BCUT2D eigenvalue weighted by molar-refractivity contribution is 14.1. The highest BCUT2D eigenvalue weighted by Gasteiger charge is 2.25. The van der Waals surface area contributed by atoms with E-state index >= 15 is 0 Å². The van der Waals surface area contributed by atoms with E-state index in [1.54, 1.807) is 12.1 Å². The van der Waals surface area contributed by atoms with Crippen molar-refractivity contribution in [1.82, 2.24) is 9.55 Å². The van der Waals surface area contributed by atoms with Crippen molar-refractivity contribution >= 4 is 33.6 Å². The molecular weight excluding hydrogens is 294 g/mol. The lowest BCUT2D eigenvalue weighted by Crippen LogP contribution is -1.91. The minimum atomic E-state index is -0.152. The van der Waals surface area contributed by atoms with Gasteiger partial charge >= 0.3 is 0 Å². The maximum Gasteiger partial charge on any atom is 0.138 e. The van der Waals surface area contributed by atoms with Gasteiger partial charge in [0.05, 0.1) is 20.9 Å². The fourth-order valence-electron chi connectivity index (χ4n) is 1.67. The zero-order valence-corrected chi connectivity index (χ0v) is 9.53. The van der Waals surface area contributed by atoms with Gasteiger partial charge in [-0.25, -0.2) is 9.37 Å². The molecule has 1 fully saturated rings. The van der Waals surface area contributed by atoms with Crippen LogP contribution in [0.2, 0.25) is 0 Å². The number of imidazole rings is 1. The quantitative estimate of drug-likeness (QED) is 0.740. The largest absolute Gasteiger partial charge is 0.327 e. The van der Waals surface area contributed by atoms with Gasteiger partial charge in [-0.2, -0.15) is 0 Å². The minimum absolute atomic E-state index is 0.152. The molecule has 1 aromatic heterocycles. The molecule has 0 N–H and O–H groups in total. The van der Waals surface area contributed by atoms with Crippen LogP contribution in [0.25, 0.3) is 11.0 Å². The van der Waals surface area contributed by atoms with Gasteiger partial charge in [0.1, 0.15) is 5.82 Å². The van der Waals surface area contributed by atoms with Crippen LogP contribution < -0.4 is 0 Å². The van der Waals surface area contributed by atoms with E-state index in [0.717, 1.165) is 11.0 Å². The van der Waals surface area contributed by atoms with Gasteiger partial charge in [0.25, 0.3) is 0 Å². The molecule has 2 nitrogen and oxygen atoms in total. The Morgan fingerprint density at radius 2 is 2.21 bits per heavy atom. The van der Waals surface area contributed by atoms with E-state index in [4.69, 9.17) is 0 Å². The number of hydrogen-bond donors (Lipinski definition) is 0. The summed E-state index contributed by atoms with van der Waals surface area (Å²) < 4.78 is 16.1. The molecule has 0 unspecified atom stereocenters. The van der Waals surface area contributed by atoms with Crippen molar-refractivity contribution in [3.63, 3.8) is 0 Å². The summed E-state index contributed by atoms with van der Waals surface area (Å²) in [5.74, 6) is -0.152. The van der Waals surface area contributed by atoms with Crippen molar-refractivity contribution in [2.45, 2.75) is 18.9 Å². The summed E-state index contributed by atoms with van der Waals surface area (Å²) in [6.07, 6.45) is 4.20. The van der Waals surface area contributed by atoms with Crippen molar-refractivity contribution in [1.29, 1.82) is 0 Å². The molecule has 4 heteroatoms. The van der Waals surface area contributed by atoms with E-state index < -0.39 is 0 Å². The average molecular weight is 302 g/mol. The van der Waals surface area contributed by atoms with Crippen LogP contribution in [0.15, 0.2) is 18.5 Å². The Labute approximate surface area is 94.3 Å². The van der Waals surface area contributed by atoms with Crippen LogP contribution in [0.4, 0.5) is 4.39 Å². The van der Waals surface area contributed by atoms with Crippen molar-refractivity contribution in [3.05, 3.63) is 27.8 Å². The predicted molar refractivity (Wildman–Crippen MR) is 60.7 cm³/mol. The molecule has 0 spiro atoms. The Bertz CT molecular complexity index is 502. The Kier molecular flexibility index (Phi) is 1.80. The van der Waals surface area contributed by atoms with Gasteiger partial charge in [0.15, 0.2) is 0 Å². The average Bonchev–Trinajstić information content (AvgIpc) is 2.91. The molecule has 1 heterocycles. The first-order valence-corrected chi connectivity index (χ1v) is 5.65. The van der Waals surface area contributed by atoms with E-state index in [2.05, 4.69) is 9.55 Å². The minimum Gasteiger partial charge on any atom is -0.327 e. The summed E-state index contributed by atoms with van der Waals surface area (Å²) in [7, 11) is 0. The maximum atomic E-state index is 13.3. The number of hydrogen-bond acceptors (Lipinski definition) is 1. The number of rotatable bonds is 1. The summed E-state index contributed by atoms with van der Waals surface area (Å²) in [5.41, 5.74) is 1.81. The first-order valence-electron chi connectivity index (χ1n) is 4.57. The second-order valence-electron chi connectivity index (χ2n) is 3.64. The fraction of sp³-hybridized carbons (Fsp3) is 0.300. The molecule has 1 saturated carbocycles. The first-order chi connectivity index (χ1) is 6.75. The van der Waals surface area contributed by atoms with Crippen molar-refractivity contribution in [2.75, 3.05) is 0 Å². The third-order valence-corrected chi connectivity index (χ3v) is 3.38. The fourth-order valence-corrected chi connectivity index (χ4v) is 2.12. The zero-order valence-electron chi connectivity index (χ0n) is 7.37. The van der Waals surface area contributed by atoms with Gasteiger partial charge < -0.3 is 4.57 Å². The Morgan fingerprint density at radius 3 is 2.93 bits per heavy atom. The van der Waals surface area contributed by atoms with E-state index in [9.17, 15) is 4.39 Å². The molecule has 14 heavy (non-hydrogen) atoms. The van der Waals surface area contributed by atoms with E-state index in [1.165, 1.54) is 12.8 Å². The van der Waals surface area contributed by atoms with Crippen LogP contribution in [0, 0.1) is 9.39 Å². The maximum absolute atomic E-state index is 13.3. The van der Waals surface area contributed by atoms with Gasteiger partial charge in [-0.15, -0.1) is 0 Å². The van der Waals surface area contributed by atoms with E-state index in [1.807, 2.05) is 28.9 Å². The van der Waals surface area contributed by atoms with Crippen LogP contribution >= 0.6 is 22.6 Å². The highest BCUT2D eigenvalue weighted by atomic mass is 127. The van der Waals surface area contributed by atoms with Crippen molar-refractivity contribution in [2.24, 2.45) is 0 Å². The Balaban J connectivity index is 2.29. The zero-order chi connectivity index (χ0) is 9.71.